The average molecular weight is 179 g/mol. The molecule has 0 amide bonds. The quantitative estimate of drug-likeness (QED) is 0.620. The molecule has 2 heterocycles. The van der Waals surface area contributed by atoms with Crippen molar-refractivity contribution >= 4 is 22.6 Å². The minimum absolute atomic E-state index is 0.690. The summed E-state index contributed by atoms with van der Waals surface area (Å²) in [6.45, 7) is 1.97. The molecule has 2 rings (SSSR count). The van der Waals surface area contributed by atoms with Gasteiger partial charge in [0.25, 0.3) is 0 Å². The highest BCUT2D eigenvalue weighted by Gasteiger charge is 2.01. The van der Waals surface area contributed by atoms with Crippen molar-refractivity contribution < 1.29 is 0 Å². The Kier molecular flexibility index (Phi) is 1.70. The van der Waals surface area contributed by atoms with Gasteiger partial charge in [-0.3, -0.25) is 0 Å². The van der Waals surface area contributed by atoms with E-state index >= 15 is 0 Å². The van der Waals surface area contributed by atoms with Crippen LogP contribution in [-0.4, -0.2) is 9.97 Å². The van der Waals surface area contributed by atoms with E-state index in [2.05, 4.69) is 9.97 Å². The second-order valence-corrected chi connectivity index (χ2v) is 3.01. The second kappa shape index (κ2) is 2.72. The Labute approximate surface area is 75.2 Å². The van der Waals surface area contributed by atoms with E-state index in [9.17, 15) is 0 Å². The smallest absolute Gasteiger partial charge is 0.159 e. The zero-order valence-electron chi connectivity index (χ0n) is 6.58. The molecule has 0 aliphatic rings. The highest BCUT2D eigenvalue weighted by Crippen LogP contribution is 2.20. The van der Waals surface area contributed by atoms with Crippen molar-refractivity contribution in [1.29, 1.82) is 0 Å². The van der Waals surface area contributed by atoms with Gasteiger partial charge in [0.1, 0.15) is 0 Å². The molecule has 0 unspecified atom stereocenters. The van der Waals surface area contributed by atoms with Gasteiger partial charge in [-0.15, -0.1) is 0 Å². The Balaban J connectivity index is 2.91. The molecule has 0 aliphatic carbocycles. The fourth-order valence-corrected chi connectivity index (χ4v) is 1.29. The number of aryl methyl sites for hydroxylation is 1. The van der Waals surface area contributed by atoms with Crippen LogP contribution in [0.4, 0.5) is 0 Å². The van der Waals surface area contributed by atoms with Gasteiger partial charge in [-0.05, 0) is 24.6 Å². The maximum atomic E-state index is 5.90. The van der Waals surface area contributed by atoms with Crippen LogP contribution in [0.1, 0.15) is 5.56 Å². The Bertz CT molecular complexity index is 426. The summed E-state index contributed by atoms with van der Waals surface area (Å²) in [5.41, 5.74) is 1.79. The average Bonchev–Trinajstić information content (AvgIpc) is 2.12. The van der Waals surface area contributed by atoms with Crippen LogP contribution in [0.3, 0.4) is 0 Å². The van der Waals surface area contributed by atoms with Crippen LogP contribution in [0.25, 0.3) is 11.0 Å². The standard InChI is InChI=1S/C9H7ClN2/c1-6-7-3-2-4-11-9(7)12-5-8(6)10/h2-5H,1H3. The molecule has 0 saturated heterocycles. The molecule has 0 radical (unpaired) electrons. The lowest BCUT2D eigenvalue weighted by atomic mass is 10.2. The Hall–Kier alpha value is -1.15. The van der Waals surface area contributed by atoms with Gasteiger partial charge in [-0.2, -0.15) is 0 Å². The molecular formula is C9H7ClN2. The third kappa shape index (κ3) is 1.04. The van der Waals surface area contributed by atoms with Crippen LogP contribution in [0, 0.1) is 6.92 Å². The van der Waals surface area contributed by atoms with Crippen molar-refractivity contribution in [2.75, 3.05) is 0 Å². The van der Waals surface area contributed by atoms with Crippen LogP contribution < -0.4 is 0 Å². The number of nitrogens with zero attached hydrogens (tertiary/aromatic N) is 2. The summed E-state index contributed by atoms with van der Waals surface area (Å²) in [4.78, 5) is 8.21. The summed E-state index contributed by atoms with van der Waals surface area (Å²) < 4.78 is 0. The molecule has 0 N–H and O–H groups in total. The summed E-state index contributed by atoms with van der Waals surface area (Å²) in [5, 5.41) is 1.71. The Morgan fingerprint density at radius 3 is 3.00 bits per heavy atom. The molecule has 3 heteroatoms. The molecule has 0 aromatic carbocycles. The van der Waals surface area contributed by atoms with E-state index in [4.69, 9.17) is 11.6 Å². The first kappa shape index (κ1) is 7.50. The molecule has 0 atom stereocenters. The molecule has 2 nitrogen and oxygen atoms in total. The number of aromatic nitrogens is 2. The zero-order chi connectivity index (χ0) is 8.55. The number of hydrogen-bond donors (Lipinski definition) is 0. The largest absolute Gasteiger partial charge is 0.237 e. The van der Waals surface area contributed by atoms with Gasteiger partial charge in [0.15, 0.2) is 5.65 Å². The third-order valence-corrected chi connectivity index (χ3v) is 2.23. The Morgan fingerprint density at radius 2 is 2.17 bits per heavy atom. The number of pyridine rings is 2. The van der Waals surface area contributed by atoms with Gasteiger partial charge < -0.3 is 0 Å². The highest BCUT2D eigenvalue weighted by molar-refractivity contribution is 6.32. The molecule has 0 aliphatic heterocycles. The summed E-state index contributed by atoms with van der Waals surface area (Å²) in [5.74, 6) is 0. The number of halogens is 1. The number of fused-ring (bicyclic) bond motifs is 1. The predicted molar refractivity (Wildman–Crippen MR) is 49.3 cm³/mol. The topological polar surface area (TPSA) is 25.8 Å². The summed E-state index contributed by atoms with van der Waals surface area (Å²) in [7, 11) is 0. The molecule has 0 spiro atoms. The molecule has 2 aromatic heterocycles. The van der Waals surface area contributed by atoms with Crippen LogP contribution in [-0.2, 0) is 0 Å². The van der Waals surface area contributed by atoms with E-state index in [1.54, 1.807) is 12.4 Å². The summed E-state index contributed by atoms with van der Waals surface area (Å²) in [6, 6.07) is 3.85. The Morgan fingerprint density at radius 1 is 1.33 bits per heavy atom. The van der Waals surface area contributed by atoms with Crippen LogP contribution in [0.2, 0.25) is 5.02 Å². The van der Waals surface area contributed by atoms with Crippen molar-refractivity contribution in [3.05, 3.63) is 35.1 Å². The van der Waals surface area contributed by atoms with E-state index < -0.39 is 0 Å². The molecule has 12 heavy (non-hydrogen) atoms. The summed E-state index contributed by atoms with van der Waals surface area (Å²) in [6.07, 6.45) is 3.36. The molecule has 0 saturated carbocycles. The summed E-state index contributed by atoms with van der Waals surface area (Å²) >= 11 is 5.90. The maximum absolute atomic E-state index is 5.90. The van der Waals surface area contributed by atoms with Crippen LogP contribution in [0.5, 0.6) is 0 Å². The SMILES string of the molecule is Cc1c(Cl)cnc2ncccc12. The van der Waals surface area contributed by atoms with Gasteiger partial charge in [-0.1, -0.05) is 11.6 Å². The second-order valence-electron chi connectivity index (χ2n) is 2.61. The van der Waals surface area contributed by atoms with Gasteiger partial charge in [0, 0.05) is 17.8 Å². The molecule has 0 fully saturated rings. The first-order chi connectivity index (χ1) is 5.79. The monoisotopic (exact) mass is 178 g/mol. The number of rotatable bonds is 0. The highest BCUT2D eigenvalue weighted by atomic mass is 35.5. The maximum Gasteiger partial charge on any atom is 0.159 e. The minimum atomic E-state index is 0.690. The minimum Gasteiger partial charge on any atom is -0.237 e. The fourth-order valence-electron chi connectivity index (χ4n) is 1.14. The zero-order valence-corrected chi connectivity index (χ0v) is 7.34. The predicted octanol–water partition coefficient (Wildman–Crippen LogP) is 2.59. The lowest BCUT2D eigenvalue weighted by molar-refractivity contribution is 1.27. The van der Waals surface area contributed by atoms with Gasteiger partial charge in [-0.25, -0.2) is 9.97 Å². The van der Waals surface area contributed by atoms with Crippen molar-refractivity contribution in [2.45, 2.75) is 6.92 Å². The van der Waals surface area contributed by atoms with E-state index in [-0.39, 0.29) is 0 Å². The van der Waals surface area contributed by atoms with Crippen LogP contribution >= 0.6 is 11.6 Å². The van der Waals surface area contributed by atoms with Gasteiger partial charge in [0.05, 0.1) is 5.02 Å². The van der Waals surface area contributed by atoms with Crippen molar-refractivity contribution in [1.82, 2.24) is 9.97 Å². The van der Waals surface area contributed by atoms with Gasteiger partial charge in [0.2, 0.25) is 0 Å². The molecular weight excluding hydrogens is 172 g/mol. The molecule has 60 valence electrons. The fraction of sp³-hybridized carbons (Fsp3) is 0.111. The van der Waals surface area contributed by atoms with E-state index in [1.165, 1.54) is 0 Å². The van der Waals surface area contributed by atoms with E-state index in [0.717, 1.165) is 16.6 Å². The lowest BCUT2D eigenvalue weighted by Crippen LogP contribution is -1.86. The van der Waals surface area contributed by atoms with Crippen molar-refractivity contribution in [3.63, 3.8) is 0 Å². The van der Waals surface area contributed by atoms with Crippen molar-refractivity contribution in [2.24, 2.45) is 0 Å². The van der Waals surface area contributed by atoms with Crippen molar-refractivity contribution in [3.8, 4) is 0 Å². The van der Waals surface area contributed by atoms with E-state index in [1.807, 2.05) is 19.1 Å². The number of hydrogen-bond acceptors (Lipinski definition) is 2. The molecule has 2 aromatic rings. The first-order valence-corrected chi connectivity index (χ1v) is 4.02. The lowest BCUT2D eigenvalue weighted by Gasteiger charge is -2.00. The van der Waals surface area contributed by atoms with Crippen LogP contribution in [0.15, 0.2) is 24.5 Å². The first-order valence-electron chi connectivity index (χ1n) is 3.65. The van der Waals surface area contributed by atoms with E-state index in [0.29, 0.717) is 5.02 Å². The molecule has 0 bridgehead atoms. The van der Waals surface area contributed by atoms with Gasteiger partial charge >= 0.3 is 0 Å². The normalized spacial score (nSPS) is 10.5. The third-order valence-electron chi connectivity index (χ3n) is 1.85.